The Morgan fingerprint density at radius 1 is 0.950 bits per heavy atom. The van der Waals surface area contributed by atoms with Crippen molar-refractivity contribution in [1.82, 2.24) is 0 Å². The van der Waals surface area contributed by atoms with E-state index in [1.165, 1.54) is 11.3 Å². The summed E-state index contributed by atoms with van der Waals surface area (Å²) in [6, 6.07) is 12.5. The van der Waals surface area contributed by atoms with Crippen LogP contribution in [-0.2, 0) is 6.54 Å². The first-order valence-electron chi connectivity index (χ1n) is 6.12. The second-order valence-corrected chi connectivity index (χ2v) is 7.28. The lowest BCUT2D eigenvalue weighted by Gasteiger charge is -2.19. The highest BCUT2D eigenvalue weighted by Crippen LogP contribution is 2.29. The summed E-state index contributed by atoms with van der Waals surface area (Å²) in [4.78, 5) is 2.10. The van der Waals surface area contributed by atoms with Crippen LogP contribution in [0, 0.1) is 0 Å². The molecule has 0 radical (unpaired) electrons. The summed E-state index contributed by atoms with van der Waals surface area (Å²) in [6.45, 7) is 0.781. The topological polar surface area (TPSA) is 15.3 Å². The molecule has 0 bridgehead atoms. The van der Waals surface area contributed by atoms with Crippen molar-refractivity contribution in [2.45, 2.75) is 6.54 Å². The van der Waals surface area contributed by atoms with E-state index in [4.69, 9.17) is 0 Å². The Labute approximate surface area is 144 Å². The number of anilines is 2. The number of hydrogen-bond acceptors (Lipinski definition) is 2. The molecular weight excluding hydrogens is 448 g/mol. The highest BCUT2D eigenvalue weighted by Gasteiger charge is 2.06. The summed E-state index contributed by atoms with van der Waals surface area (Å²) in [5.41, 5.74) is 3.51. The molecule has 0 unspecified atom stereocenters. The zero-order valence-corrected chi connectivity index (χ0v) is 16.0. The number of hydrogen-bond donors (Lipinski definition) is 1. The number of rotatable bonds is 4. The van der Waals surface area contributed by atoms with E-state index in [1.807, 2.05) is 14.1 Å². The van der Waals surface area contributed by atoms with Crippen molar-refractivity contribution in [3.63, 3.8) is 0 Å². The van der Waals surface area contributed by atoms with E-state index in [-0.39, 0.29) is 0 Å². The molecule has 0 saturated carbocycles. The van der Waals surface area contributed by atoms with Crippen LogP contribution < -0.4 is 10.2 Å². The van der Waals surface area contributed by atoms with Crippen LogP contribution in [0.2, 0.25) is 0 Å². The first-order valence-corrected chi connectivity index (χ1v) is 8.50. The SMILES string of the molecule is CN(C)c1ccc(Br)cc1NCc1ccc(Br)c(Br)c1. The van der Waals surface area contributed by atoms with E-state index in [0.717, 1.165) is 25.7 Å². The van der Waals surface area contributed by atoms with Gasteiger partial charge in [0.05, 0.1) is 11.4 Å². The maximum atomic E-state index is 3.53. The molecule has 0 atom stereocenters. The van der Waals surface area contributed by atoms with Gasteiger partial charge in [0.1, 0.15) is 0 Å². The first kappa shape index (κ1) is 15.9. The van der Waals surface area contributed by atoms with Gasteiger partial charge in [0.25, 0.3) is 0 Å². The molecule has 0 amide bonds. The fourth-order valence-corrected chi connectivity index (χ4v) is 2.92. The van der Waals surface area contributed by atoms with Crippen molar-refractivity contribution < 1.29 is 0 Å². The van der Waals surface area contributed by atoms with Gasteiger partial charge in [-0.25, -0.2) is 0 Å². The average molecular weight is 463 g/mol. The van der Waals surface area contributed by atoms with Crippen molar-refractivity contribution in [2.24, 2.45) is 0 Å². The molecule has 0 aliphatic carbocycles. The summed E-state index contributed by atoms with van der Waals surface area (Å²) in [5.74, 6) is 0. The second kappa shape index (κ2) is 6.96. The fraction of sp³-hybridized carbons (Fsp3) is 0.200. The Kier molecular flexibility index (Phi) is 5.52. The molecule has 0 fully saturated rings. The van der Waals surface area contributed by atoms with Gasteiger partial charge in [0, 0.05) is 34.1 Å². The van der Waals surface area contributed by atoms with Gasteiger partial charge in [-0.05, 0) is 67.8 Å². The normalized spacial score (nSPS) is 10.4. The molecule has 2 aromatic carbocycles. The summed E-state index contributed by atoms with van der Waals surface area (Å²) < 4.78 is 3.21. The van der Waals surface area contributed by atoms with Crippen LogP contribution in [0.4, 0.5) is 11.4 Å². The lowest BCUT2D eigenvalue weighted by molar-refractivity contribution is 1.10. The van der Waals surface area contributed by atoms with Gasteiger partial charge in [0.2, 0.25) is 0 Å². The van der Waals surface area contributed by atoms with Crippen LogP contribution >= 0.6 is 47.8 Å². The van der Waals surface area contributed by atoms with Crippen LogP contribution in [0.15, 0.2) is 49.8 Å². The Morgan fingerprint density at radius 3 is 2.35 bits per heavy atom. The molecule has 0 saturated heterocycles. The molecule has 2 rings (SSSR count). The maximum Gasteiger partial charge on any atom is 0.0597 e. The van der Waals surface area contributed by atoms with E-state index < -0.39 is 0 Å². The van der Waals surface area contributed by atoms with Gasteiger partial charge < -0.3 is 10.2 Å². The van der Waals surface area contributed by atoms with Crippen LogP contribution in [0.5, 0.6) is 0 Å². The molecule has 0 aliphatic rings. The van der Waals surface area contributed by atoms with Gasteiger partial charge in [0.15, 0.2) is 0 Å². The van der Waals surface area contributed by atoms with E-state index in [9.17, 15) is 0 Å². The predicted molar refractivity (Wildman–Crippen MR) is 97.6 cm³/mol. The van der Waals surface area contributed by atoms with Crippen LogP contribution in [0.25, 0.3) is 0 Å². The van der Waals surface area contributed by atoms with E-state index in [2.05, 4.69) is 94.4 Å². The van der Waals surface area contributed by atoms with Gasteiger partial charge in [-0.1, -0.05) is 22.0 Å². The Hall–Kier alpha value is -0.520. The van der Waals surface area contributed by atoms with Gasteiger partial charge in [-0.3, -0.25) is 0 Å². The fourth-order valence-electron chi connectivity index (χ4n) is 1.89. The molecule has 2 aromatic rings. The molecule has 0 aliphatic heterocycles. The second-order valence-electron chi connectivity index (χ2n) is 4.66. The van der Waals surface area contributed by atoms with Crippen LogP contribution in [0.1, 0.15) is 5.56 Å². The average Bonchev–Trinajstić information content (AvgIpc) is 2.40. The highest BCUT2D eigenvalue weighted by molar-refractivity contribution is 9.13. The standard InChI is InChI=1S/C15H15Br3N2/c1-20(2)15-6-4-11(16)8-14(15)19-9-10-3-5-12(17)13(18)7-10/h3-8,19H,9H2,1-2H3. The lowest BCUT2D eigenvalue weighted by atomic mass is 10.2. The highest BCUT2D eigenvalue weighted by atomic mass is 79.9. The summed E-state index contributed by atoms with van der Waals surface area (Å²) in [7, 11) is 4.09. The zero-order chi connectivity index (χ0) is 14.7. The van der Waals surface area contributed by atoms with Gasteiger partial charge in [-0.2, -0.15) is 0 Å². The molecule has 0 heterocycles. The third-order valence-corrected chi connectivity index (χ3v) is 5.28. The predicted octanol–water partition coefficient (Wildman–Crippen LogP) is 5.65. The third kappa shape index (κ3) is 3.99. The molecule has 5 heteroatoms. The number of nitrogens with zero attached hydrogens (tertiary/aromatic N) is 1. The molecular formula is C15H15Br3N2. The number of benzene rings is 2. The van der Waals surface area contributed by atoms with Crippen molar-refractivity contribution in [3.05, 3.63) is 55.4 Å². The third-order valence-electron chi connectivity index (χ3n) is 2.91. The van der Waals surface area contributed by atoms with Crippen molar-refractivity contribution in [3.8, 4) is 0 Å². The van der Waals surface area contributed by atoms with E-state index in [1.54, 1.807) is 0 Å². The summed E-state index contributed by atoms with van der Waals surface area (Å²) >= 11 is 10.5. The molecule has 0 spiro atoms. The number of nitrogens with one attached hydrogen (secondary N) is 1. The van der Waals surface area contributed by atoms with E-state index >= 15 is 0 Å². The van der Waals surface area contributed by atoms with E-state index in [0.29, 0.717) is 0 Å². The van der Waals surface area contributed by atoms with Crippen molar-refractivity contribution in [2.75, 3.05) is 24.3 Å². The smallest absolute Gasteiger partial charge is 0.0597 e. The zero-order valence-electron chi connectivity index (χ0n) is 11.3. The first-order chi connectivity index (χ1) is 9.47. The van der Waals surface area contributed by atoms with Gasteiger partial charge in [-0.15, -0.1) is 0 Å². The Balaban J connectivity index is 2.17. The van der Waals surface area contributed by atoms with Crippen molar-refractivity contribution in [1.29, 1.82) is 0 Å². The largest absolute Gasteiger partial charge is 0.379 e. The minimum atomic E-state index is 0.781. The minimum absolute atomic E-state index is 0.781. The summed E-state index contributed by atoms with van der Waals surface area (Å²) in [5, 5.41) is 3.49. The Bertz CT molecular complexity index is 612. The van der Waals surface area contributed by atoms with Crippen LogP contribution in [-0.4, -0.2) is 14.1 Å². The lowest BCUT2D eigenvalue weighted by Crippen LogP contribution is -2.12. The molecule has 1 N–H and O–H groups in total. The maximum absolute atomic E-state index is 3.53. The number of halogens is 3. The van der Waals surface area contributed by atoms with Crippen LogP contribution in [0.3, 0.4) is 0 Å². The quantitative estimate of drug-likeness (QED) is 0.631. The Morgan fingerprint density at radius 2 is 1.70 bits per heavy atom. The molecule has 106 valence electrons. The molecule has 0 aromatic heterocycles. The molecule has 2 nitrogen and oxygen atoms in total. The monoisotopic (exact) mass is 460 g/mol. The summed E-state index contributed by atoms with van der Waals surface area (Å²) in [6.07, 6.45) is 0. The minimum Gasteiger partial charge on any atom is -0.379 e. The molecule has 20 heavy (non-hydrogen) atoms. The van der Waals surface area contributed by atoms with Crippen molar-refractivity contribution >= 4 is 59.2 Å². The van der Waals surface area contributed by atoms with Gasteiger partial charge >= 0.3 is 0 Å².